The number of benzene rings is 2. The minimum Gasteiger partial charge on any atom is -0.344 e. The molecule has 23 heavy (non-hydrogen) atoms. The third-order valence-corrected chi connectivity index (χ3v) is 3.68. The van der Waals surface area contributed by atoms with Gasteiger partial charge in [0.2, 0.25) is 5.91 Å². The molecule has 5 nitrogen and oxygen atoms in total. The van der Waals surface area contributed by atoms with Crippen molar-refractivity contribution in [3.8, 4) is 0 Å². The first-order valence-corrected chi connectivity index (χ1v) is 7.52. The molecule has 1 atom stereocenters. The zero-order valence-corrected chi connectivity index (χ0v) is 12.5. The highest BCUT2D eigenvalue weighted by Crippen LogP contribution is 2.11. The summed E-state index contributed by atoms with van der Waals surface area (Å²) < 4.78 is 0. The fourth-order valence-electron chi connectivity index (χ4n) is 2.49. The molecule has 2 aromatic rings. The first-order chi connectivity index (χ1) is 11.2. The van der Waals surface area contributed by atoms with Gasteiger partial charge in [-0.2, -0.15) is 5.10 Å². The van der Waals surface area contributed by atoms with Gasteiger partial charge in [0.15, 0.2) is 0 Å². The van der Waals surface area contributed by atoms with E-state index in [-0.39, 0.29) is 11.8 Å². The summed E-state index contributed by atoms with van der Waals surface area (Å²) >= 11 is 0. The van der Waals surface area contributed by atoms with Crippen LogP contribution in [-0.4, -0.2) is 23.6 Å². The molecule has 1 heterocycles. The van der Waals surface area contributed by atoms with E-state index in [1.165, 1.54) is 0 Å². The zero-order valence-electron chi connectivity index (χ0n) is 12.5. The fourth-order valence-corrected chi connectivity index (χ4v) is 2.49. The summed E-state index contributed by atoms with van der Waals surface area (Å²) in [5.74, 6) is -0.388. The van der Waals surface area contributed by atoms with Gasteiger partial charge in [0.05, 0.1) is 5.71 Å². The van der Waals surface area contributed by atoms with Crippen LogP contribution in [0.15, 0.2) is 65.8 Å². The normalized spacial score (nSPS) is 16.5. The molecule has 2 aromatic carbocycles. The summed E-state index contributed by atoms with van der Waals surface area (Å²) in [6.07, 6.45) is 0.887. The molecule has 0 aliphatic carbocycles. The van der Waals surface area contributed by atoms with Gasteiger partial charge in [0.1, 0.15) is 6.04 Å². The molecule has 1 aliphatic rings. The van der Waals surface area contributed by atoms with E-state index in [4.69, 9.17) is 0 Å². The Hall–Kier alpha value is -2.95. The molecule has 5 heteroatoms. The van der Waals surface area contributed by atoms with Crippen LogP contribution in [0, 0.1) is 0 Å². The molecule has 1 aliphatic heterocycles. The largest absolute Gasteiger partial charge is 0.344 e. The molecular weight excluding hydrogens is 290 g/mol. The maximum absolute atomic E-state index is 12.1. The van der Waals surface area contributed by atoms with Crippen LogP contribution in [-0.2, 0) is 9.59 Å². The molecule has 0 saturated carbocycles. The van der Waals surface area contributed by atoms with E-state index in [2.05, 4.69) is 15.8 Å². The Morgan fingerprint density at radius 1 is 1.00 bits per heavy atom. The van der Waals surface area contributed by atoms with Crippen LogP contribution in [0.25, 0.3) is 0 Å². The Morgan fingerprint density at radius 3 is 2.04 bits per heavy atom. The molecule has 0 spiro atoms. The van der Waals surface area contributed by atoms with Crippen molar-refractivity contribution in [2.24, 2.45) is 5.10 Å². The number of carbonyl (C=O) groups excluding carboxylic acids is 2. The van der Waals surface area contributed by atoms with Gasteiger partial charge in [0, 0.05) is 17.5 Å². The summed E-state index contributed by atoms with van der Waals surface area (Å²) in [7, 11) is 0. The van der Waals surface area contributed by atoms with Crippen LogP contribution in [0.2, 0.25) is 0 Å². The lowest BCUT2D eigenvalue weighted by Gasteiger charge is -2.10. The van der Waals surface area contributed by atoms with Crippen molar-refractivity contribution < 1.29 is 9.59 Å². The number of rotatable bonds is 4. The van der Waals surface area contributed by atoms with Gasteiger partial charge in [-0.25, -0.2) is 5.43 Å². The van der Waals surface area contributed by atoms with E-state index in [0.29, 0.717) is 18.6 Å². The second kappa shape index (κ2) is 6.87. The lowest BCUT2D eigenvalue weighted by molar-refractivity contribution is -0.125. The van der Waals surface area contributed by atoms with Crippen molar-refractivity contribution in [1.29, 1.82) is 0 Å². The highest BCUT2D eigenvalue weighted by Gasteiger charge is 2.27. The topological polar surface area (TPSA) is 70.6 Å². The van der Waals surface area contributed by atoms with Gasteiger partial charge in [-0.1, -0.05) is 60.7 Å². The number of hydrogen-bond donors (Lipinski definition) is 2. The van der Waals surface area contributed by atoms with Gasteiger partial charge in [-0.15, -0.1) is 0 Å². The molecular formula is C18H17N3O2. The molecule has 1 fully saturated rings. The highest BCUT2D eigenvalue weighted by molar-refractivity contribution is 6.13. The van der Waals surface area contributed by atoms with Crippen LogP contribution >= 0.6 is 0 Å². The number of hydrogen-bond acceptors (Lipinski definition) is 3. The average Bonchev–Trinajstić information content (AvgIpc) is 3.03. The van der Waals surface area contributed by atoms with E-state index in [0.717, 1.165) is 11.1 Å². The van der Waals surface area contributed by atoms with Crippen LogP contribution in [0.4, 0.5) is 0 Å². The second-order valence-electron chi connectivity index (χ2n) is 5.33. The lowest BCUT2D eigenvalue weighted by atomic mass is 10.0. The third-order valence-electron chi connectivity index (χ3n) is 3.68. The van der Waals surface area contributed by atoms with Crippen molar-refractivity contribution in [3.63, 3.8) is 0 Å². The van der Waals surface area contributed by atoms with Crippen molar-refractivity contribution in [2.45, 2.75) is 18.9 Å². The van der Waals surface area contributed by atoms with Crippen LogP contribution in [0.3, 0.4) is 0 Å². The molecule has 0 aromatic heterocycles. The van der Waals surface area contributed by atoms with Crippen molar-refractivity contribution in [1.82, 2.24) is 10.7 Å². The minimum absolute atomic E-state index is 0.0968. The number of nitrogens with zero attached hydrogens (tertiary/aromatic N) is 1. The molecule has 0 unspecified atom stereocenters. The first-order valence-electron chi connectivity index (χ1n) is 7.52. The lowest BCUT2D eigenvalue weighted by Crippen LogP contribution is -2.40. The summed E-state index contributed by atoms with van der Waals surface area (Å²) in [5.41, 5.74) is 5.08. The quantitative estimate of drug-likeness (QED) is 0.668. The highest BCUT2D eigenvalue weighted by atomic mass is 16.2. The van der Waals surface area contributed by atoms with Crippen LogP contribution in [0.5, 0.6) is 0 Å². The maximum atomic E-state index is 12.1. The van der Waals surface area contributed by atoms with Gasteiger partial charge < -0.3 is 5.32 Å². The van der Waals surface area contributed by atoms with E-state index >= 15 is 0 Å². The molecule has 0 radical (unpaired) electrons. The van der Waals surface area contributed by atoms with E-state index in [1.54, 1.807) is 0 Å². The van der Waals surface area contributed by atoms with Gasteiger partial charge in [-0.05, 0) is 6.42 Å². The Labute approximate surface area is 134 Å². The number of amides is 2. The molecule has 2 amide bonds. The van der Waals surface area contributed by atoms with E-state index < -0.39 is 6.04 Å². The minimum atomic E-state index is -0.501. The number of carbonyl (C=O) groups is 2. The van der Waals surface area contributed by atoms with E-state index in [9.17, 15) is 9.59 Å². The van der Waals surface area contributed by atoms with Gasteiger partial charge in [0.25, 0.3) is 5.91 Å². The number of hydrazone groups is 1. The number of nitrogens with one attached hydrogen (secondary N) is 2. The Morgan fingerprint density at radius 2 is 1.57 bits per heavy atom. The van der Waals surface area contributed by atoms with Gasteiger partial charge >= 0.3 is 0 Å². The van der Waals surface area contributed by atoms with Crippen molar-refractivity contribution >= 4 is 17.5 Å². The Balaban J connectivity index is 1.84. The average molecular weight is 307 g/mol. The maximum Gasteiger partial charge on any atom is 0.262 e. The van der Waals surface area contributed by atoms with Crippen molar-refractivity contribution in [3.05, 3.63) is 71.8 Å². The fraction of sp³-hybridized carbons (Fsp3) is 0.167. The molecule has 0 bridgehead atoms. The second-order valence-corrected chi connectivity index (χ2v) is 5.33. The monoisotopic (exact) mass is 307 g/mol. The summed E-state index contributed by atoms with van der Waals surface area (Å²) in [4.78, 5) is 23.3. The van der Waals surface area contributed by atoms with Gasteiger partial charge in [-0.3, -0.25) is 9.59 Å². The molecule has 116 valence electrons. The first kappa shape index (κ1) is 15.0. The molecule has 1 saturated heterocycles. The standard InChI is InChI=1S/C18H17N3O2/c22-16-12-11-15(19-16)18(23)21-20-17(13-7-3-1-4-8-13)14-9-5-2-6-10-14/h1-10,15H,11-12H2,(H,19,22)(H,21,23)/t15-/m0/s1. The molecule has 2 N–H and O–H groups in total. The summed E-state index contributed by atoms with van der Waals surface area (Å²) in [6, 6.07) is 18.8. The predicted octanol–water partition coefficient (Wildman–Crippen LogP) is 1.83. The van der Waals surface area contributed by atoms with E-state index in [1.807, 2.05) is 60.7 Å². The Bertz CT molecular complexity index is 685. The predicted molar refractivity (Wildman–Crippen MR) is 87.8 cm³/mol. The molecule has 3 rings (SSSR count). The zero-order chi connectivity index (χ0) is 16.1. The van der Waals surface area contributed by atoms with Crippen LogP contribution < -0.4 is 10.7 Å². The Kier molecular flexibility index (Phi) is 4.47. The summed E-state index contributed by atoms with van der Waals surface area (Å²) in [5, 5.41) is 6.94. The SMILES string of the molecule is O=C1CC[C@@H](C(=O)NN=C(c2ccccc2)c2ccccc2)N1. The summed E-state index contributed by atoms with van der Waals surface area (Å²) in [6.45, 7) is 0. The smallest absolute Gasteiger partial charge is 0.262 e. The van der Waals surface area contributed by atoms with Crippen molar-refractivity contribution in [2.75, 3.05) is 0 Å². The van der Waals surface area contributed by atoms with Crippen LogP contribution in [0.1, 0.15) is 24.0 Å². The third kappa shape index (κ3) is 3.63.